The zero-order valence-corrected chi connectivity index (χ0v) is 14.0. The standard InChI is InChI=1S/C19H20N2O4/c1-24-10-9-21(12-14-5-3-2-4-6-14)19(23)15-7-8-16-17(11-15)25-13-18(22)20-16/h2-8,11H,9-10,12-13H2,1H3,(H,20,22). The lowest BCUT2D eigenvalue weighted by molar-refractivity contribution is -0.118. The van der Waals surface area contributed by atoms with Crippen LogP contribution in [0.4, 0.5) is 5.69 Å². The van der Waals surface area contributed by atoms with Gasteiger partial charge in [0.2, 0.25) is 0 Å². The Labute approximate surface area is 146 Å². The third-order valence-electron chi connectivity index (χ3n) is 3.93. The van der Waals surface area contributed by atoms with E-state index in [1.54, 1.807) is 30.2 Å². The van der Waals surface area contributed by atoms with E-state index >= 15 is 0 Å². The van der Waals surface area contributed by atoms with Crippen molar-refractivity contribution in [3.05, 3.63) is 59.7 Å². The first-order valence-electron chi connectivity index (χ1n) is 8.06. The van der Waals surface area contributed by atoms with Crippen LogP contribution in [0.1, 0.15) is 15.9 Å². The molecule has 1 heterocycles. The van der Waals surface area contributed by atoms with E-state index in [1.807, 2.05) is 30.3 Å². The van der Waals surface area contributed by atoms with E-state index < -0.39 is 0 Å². The molecule has 0 radical (unpaired) electrons. The fourth-order valence-electron chi connectivity index (χ4n) is 2.65. The summed E-state index contributed by atoms with van der Waals surface area (Å²) in [6.45, 7) is 1.40. The van der Waals surface area contributed by atoms with E-state index in [2.05, 4.69) is 5.32 Å². The van der Waals surface area contributed by atoms with Gasteiger partial charge in [-0.15, -0.1) is 0 Å². The molecule has 6 nitrogen and oxygen atoms in total. The Morgan fingerprint density at radius 2 is 2.04 bits per heavy atom. The number of nitrogens with one attached hydrogen (secondary N) is 1. The van der Waals surface area contributed by atoms with E-state index in [1.165, 1.54) is 0 Å². The molecule has 1 aliphatic rings. The molecule has 2 amide bonds. The first-order valence-corrected chi connectivity index (χ1v) is 8.06. The van der Waals surface area contributed by atoms with Crippen LogP contribution in [-0.4, -0.2) is 43.6 Å². The Bertz CT molecular complexity index is 761. The van der Waals surface area contributed by atoms with Crippen LogP contribution in [0.5, 0.6) is 5.75 Å². The van der Waals surface area contributed by atoms with Gasteiger partial charge in [0.25, 0.3) is 11.8 Å². The number of fused-ring (bicyclic) bond motifs is 1. The van der Waals surface area contributed by atoms with Gasteiger partial charge in [-0.05, 0) is 23.8 Å². The maximum Gasteiger partial charge on any atom is 0.262 e. The lowest BCUT2D eigenvalue weighted by Gasteiger charge is -2.24. The number of hydrogen-bond donors (Lipinski definition) is 1. The van der Waals surface area contributed by atoms with Crippen molar-refractivity contribution in [2.45, 2.75) is 6.54 Å². The largest absolute Gasteiger partial charge is 0.482 e. The molecule has 0 saturated heterocycles. The van der Waals surface area contributed by atoms with Gasteiger partial charge in [0.1, 0.15) is 5.75 Å². The van der Waals surface area contributed by atoms with Crippen LogP contribution in [0.25, 0.3) is 0 Å². The number of hydrogen-bond acceptors (Lipinski definition) is 4. The summed E-state index contributed by atoms with van der Waals surface area (Å²) in [4.78, 5) is 26.0. The second-order valence-corrected chi connectivity index (χ2v) is 5.75. The number of methoxy groups -OCH3 is 1. The monoisotopic (exact) mass is 340 g/mol. The Morgan fingerprint density at radius 3 is 2.80 bits per heavy atom. The van der Waals surface area contributed by atoms with Crippen molar-refractivity contribution in [1.82, 2.24) is 4.90 Å². The maximum absolute atomic E-state index is 12.9. The minimum absolute atomic E-state index is 0.0396. The molecule has 0 fully saturated rings. The van der Waals surface area contributed by atoms with Crippen molar-refractivity contribution in [3.8, 4) is 5.75 Å². The topological polar surface area (TPSA) is 67.9 Å². The minimum Gasteiger partial charge on any atom is -0.482 e. The normalized spacial score (nSPS) is 12.8. The summed E-state index contributed by atoms with van der Waals surface area (Å²) in [6, 6.07) is 14.9. The van der Waals surface area contributed by atoms with Gasteiger partial charge in [-0.25, -0.2) is 0 Å². The van der Waals surface area contributed by atoms with Crippen LogP contribution in [0.2, 0.25) is 0 Å². The zero-order valence-electron chi connectivity index (χ0n) is 14.0. The number of ether oxygens (including phenoxy) is 2. The number of benzene rings is 2. The molecule has 0 atom stereocenters. The molecule has 3 rings (SSSR count). The Hall–Kier alpha value is -2.86. The highest BCUT2D eigenvalue weighted by molar-refractivity contribution is 5.99. The van der Waals surface area contributed by atoms with E-state index in [0.717, 1.165) is 5.56 Å². The predicted molar refractivity (Wildman–Crippen MR) is 93.6 cm³/mol. The smallest absolute Gasteiger partial charge is 0.262 e. The summed E-state index contributed by atoms with van der Waals surface area (Å²) < 4.78 is 10.5. The fraction of sp³-hybridized carbons (Fsp3) is 0.263. The molecule has 0 unspecified atom stereocenters. The van der Waals surface area contributed by atoms with Crippen LogP contribution < -0.4 is 10.1 Å². The second-order valence-electron chi connectivity index (χ2n) is 5.75. The summed E-state index contributed by atoms with van der Waals surface area (Å²) in [5, 5.41) is 2.72. The van der Waals surface area contributed by atoms with Crippen molar-refractivity contribution in [3.63, 3.8) is 0 Å². The summed E-state index contributed by atoms with van der Waals surface area (Å²) in [7, 11) is 1.61. The fourth-order valence-corrected chi connectivity index (χ4v) is 2.65. The molecule has 1 aliphatic heterocycles. The van der Waals surface area contributed by atoms with Gasteiger partial charge < -0.3 is 19.7 Å². The van der Waals surface area contributed by atoms with Crippen molar-refractivity contribution in [2.75, 3.05) is 32.2 Å². The summed E-state index contributed by atoms with van der Waals surface area (Å²) in [6.07, 6.45) is 0. The quantitative estimate of drug-likeness (QED) is 0.876. The molecule has 0 saturated carbocycles. The molecule has 0 spiro atoms. The number of amides is 2. The van der Waals surface area contributed by atoms with Crippen molar-refractivity contribution < 1.29 is 19.1 Å². The third kappa shape index (κ3) is 4.16. The predicted octanol–water partition coefficient (Wildman–Crippen LogP) is 2.31. The molecule has 0 aliphatic carbocycles. The average Bonchev–Trinajstić information content (AvgIpc) is 2.65. The number of carbonyl (C=O) groups is 2. The molecular weight excluding hydrogens is 320 g/mol. The van der Waals surface area contributed by atoms with Gasteiger partial charge in [0.15, 0.2) is 6.61 Å². The number of nitrogens with zero attached hydrogens (tertiary/aromatic N) is 1. The Kier molecular flexibility index (Phi) is 5.30. The highest BCUT2D eigenvalue weighted by Gasteiger charge is 2.21. The zero-order chi connectivity index (χ0) is 17.6. The van der Waals surface area contributed by atoms with Crippen molar-refractivity contribution >= 4 is 17.5 Å². The van der Waals surface area contributed by atoms with Crippen LogP contribution in [0.3, 0.4) is 0 Å². The Morgan fingerprint density at radius 1 is 1.24 bits per heavy atom. The highest BCUT2D eigenvalue weighted by atomic mass is 16.5. The van der Waals surface area contributed by atoms with E-state index in [4.69, 9.17) is 9.47 Å². The molecule has 0 aromatic heterocycles. The van der Waals surface area contributed by atoms with Gasteiger partial charge in [-0.2, -0.15) is 0 Å². The van der Waals surface area contributed by atoms with Crippen LogP contribution >= 0.6 is 0 Å². The van der Waals surface area contributed by atoms with E-state index in [-0.39, 0.29) is 18.4 Å². The van der Waals surface area contributed by atoms with Gasteiger partial charge in [0.05, 0.1) is 12.3 Å². The SMILES string of the molecule is COCCN(Cc1ccccc1)C(=O)c1ccc2c(c1)OCC(=O)N2. The molecule has 0 bridgehead atoms. The Balaban J connectivity index is 1.80. The number of rotatable bonds is 6. The molecule has 2 aromatic carbocycles. The molecule has 2 aromatic rings. The van der Waals surface area contributed by atoms with Crippen LogP contribution in [0, 0.1) is 0 Å². The molecule has 1 N–H and O–H groups in total. The van der Waals surface area contributed by atoms with Gasteiger partial charge >= 0.3 is 0 Å². The third-order valence-corrected chi connectivity index (χ3v) is 3.93. The minimum atomic E-state index is -0.197. The molecular formula is C19H20N2O4. The van der Waals surface area contributed by atoms with Crippen molar-refractivity contribution in [1.29, 1.82) is 0 Å². The molecule has 130 valence electrons. The maximum atomic E-state index is 12.9. The average molecular weight is 340 g/mol. The van der Waals surface area contributed by atoms with Crippen molar-refractivity contribution in [2.24, 2.45) is 0 Å². The number of carbonyl (C=O) groups excluding carboxylic acids is 2. The lowest BCUT2D eigenvalue weighted by atomic mass is 10.1. The first kappa shape index (κ1) is 17.0. The van der Waals surface area contributed by atoms with Gasteiger partial charge in [-0.3, -0.25) is 9.59 Å². The van der Waals surface area contributed by atoms with Gasteiger partial charge in [0, 0.05) is 25.8 Å². The molecule has 25 heavy (non-hydrogen) atoms. The summed E-state index contributed by atoms with van der Waals surface area (Å²) >= 11 is 0. The van der Waals surface area contributed by atoms with Crippen LogP contribution in [0.15, 0.2) is 48.5 Å². The molecule has 6 heteroatoms. The number of anilines is 1. The lowest BCUT2D eigenvalue weighted by Crippen LogP contribution is -2.33. The first-order chi connectivity index (χ1) is 12.2. The summed E-state index contributed by atoms with van der Waals surface area (Å²) in [5.41, 5.74) is 2.15. The van der Waals surface area contributed by atoms with Crippen LogP contribution in [-0.2, 0) is 16.1 Å². The van der Waals surface area contributed by atoms with Gasteiger partial charge in [-0.1, -0.05) is 30.3 Å². The van der Waals surface area contributed by atoms with E-state index in [0.29, 0.717) is 36.7 Å². The van der Waals surface area contributed by atoms with E-state index in [9.17, 15) is 9.59 Å². The highest BCUT2D eigenvalue weighted by Crippen LogP contribution is 2.29. The summed E-state index contributed by atoms with van der Waals surface area (Å²) in [5.74, 6) is 0.207. The second kappa shape index (κ2) is 7.81.